The first-order valence-corrected chi connectivity index (χ1v) is 11.6. The lowest BCUT2D eigenvalue weighted by atomic mass is 10.0. The molecule has 190 valence electrons. The van der Waals surface area contributed by atoms with E-state index in [0.29, 0.717) is 35.6 Å². The van der Waals surface area contributed by atoms with E-state index in [1.807, 2.05) is 0 Å². The third kappa shape index (κ3) is 6.14. The first kappa shape index (κ1) is 25.5. The average Bonchev–Trinajstić information content (AvgIpc) is 2.98. The number of carbonyl (C=O) groups excluding carboxylic acids is 1. The molecule has 2 atom stereocenters. The highest BCUT2D eigenvalue weighted by molar-refractivity contribution is 6.33. The molecule has 4 rings (SSSR count). The molecule has 0 saturated heterocycles. The van der Waals surface area contributed by atoms with E-state index in [4.69, 9.17) is 16.3 Å². The molecule has 0 saturated carbocycles. The van der Waals surface area contributed by atoms with Crippen LogP contribution in [0.5, 0.6) is 5.88 Å². The number of alkyl halides is 2. The number of carbonyl (C=O) groups is 1. The van der Waals surface area contributed by atoms with Crippen LogP contribution in [0.1, 0.15) is 37.1 Å². The van der Waals surface area contributed by atoms with Gasteiger partial charge in [0.15, 0.2) is 6.61 Å². The molecule has 2 heterocycles. The normalized spacial score (nSPS) is 17.3. The minimum Gasteiger partial charge on any atom is -0.472 e. The number of fused-ring (bicyclic) bond motifs is 1. The minimum atomic E-state index is -2.63. The topological polar surface area (TPSA) is 109 Å². The molecule has 3 aromatic rings. The zero-order chi connectivity index (χ0) is 25.8. The fraction of sp³-hybridized carbons (Fsp3) is 0.333. The van der Waals surface area contributed by atoms with Crippen molar-refractivity contribution in [2.24, 2.45) is 5.92 Å². The molecule has 1 aliphatic carbocycles. The summed E-state index contributed by atoms with van der Waals surface area (Å²) >= 11 is 6.33. The molecule has 12 heteroatoms. The monoisotopic (exact) mass is 521 g/mol. The first-order chi connectivity index (χ1) is 17.2. The summed E-state index contributed by atoms with van der Waals surface area (Å²) in [5.41, 5.74) is 1.64. The predicted molar refractivity (Wildman–Crippen MR) is 128 cm³/mol. The number of hydrogen-bond acceptors (Lipinski definition) is 5. The number of ether oxygens (including phenoxy) is 1. The molecular weight excluding hydrogens is 499 g/mol. The predicted octanol–water partition coefficient (Wildman–Crippen LogP) is 5.10. The average molecular weight is 522 g/mol. The number of rotatable bonds is 6. The molecule has 8 nitrogen and oxygen atoms in total. The molecule has 36 heavy (non-hydrogen) atoms. The van der Waals surface area contributed by atoms with Crippen molar-refractivity contribution < 1.29 is 22.7 Å². The standard InChI is InChI=1S/C24H23ClF3N5O3/c1-12-2-4-18(23-14(6-12)7-21(34)32-33-23)30-24(35)31-19-9-16(25)15(8-17(19)26)13-3-5-22(29-10-13)36-11-20(27)28/h3,5,7-10,12,18,20H,2,4,6,11H2,1H3,(H,32,34)(H2,30,31,35)/t12-,18+/m0/s1. The number of aromatic amines is 1. The Bertz CT molecular complexity index is 1300. The van der Waals surface area contributed by atoms with Gasteiger partial charge in [0.05, 0.1) is 22.4 Å². The number of urea groups is 1. The summed E-state index contributed by atoms with van der Waals surface area (Å²) in [5.74, 6) is -0.427. The van der Waals surface area contributed by atoms with Gasteiger partial charge < -0.3 is 15.4 Å². The fourth-order valence-electron chi connectivity index (χ4n) is 4.08. The zero-order valence-electron chi connectivity index (χ0n) is 19.2. The molecule has 0 aliphatic heterocycles. The van der Waals surface area contributed by atoms with Crippen molar-refractivity contribution in [3.8, 4) is 17.0 Å². The molecule has 1 aromatic carbocycles. The zero-order valence-corrected chi connectivity index (χ0v) is 19.9. The molecule has 2 aromatic heterocycles. The minimum absolute atomic E-state index is 0.00125. The summed E-state index contributed by atoms with van der Waals surface area (Å²) in [5, 5.41) is 12.0. The molecule has 2 amide bonds. The highest BCUT2D eigenvalue weighted by Crippen LogP contribution is 2.33. The number of amides is 2. The summed E-state index contributed by atoms with van der Waals surface area (Å²) in [7, 11) is 0. The lowest BCUT2D eigenvalue weighted by molar-refractivity contribution is 0.0796. The van der Waals surface area contributed by atoms with E-state index in [0.717, 1.165) is 18.1 Å². The number of nitrogens with one attached hydrogen (secondary N) is 3. The maximum atomic E-state index is 14.9. The molecule has 0 fully saturated rings. The maximum absolute atomic E-state index is 14.9. The van der Waals surface area contributed by atoms with Gasteiger partial charge in [-0.2, -0.15) is 5.10 Å². The number of pyridine rings is 1. The van der Waals surface area contributed by atoms with Crippen LogP contribution < -0.4 is 20.9 Å². The van der Waals surface area contributed by atoms with Gasteiger partial charge in [-0.15, -0.1) is 0 Å². The van der Waals surface area contributed by atoms with E-state index < -0.39 is 30.9 Å². The van der Waals surface area contributed by atoms with Crippen LogP contribution >= 0.6 is 11.6 Å². The summed E-state index contributed by atoms with van der Waals surface area (Å²) < 4.78 is 44.2. The lowest BCUT2D eigenvalue weighted by Crippen LogP contribution is -2.34. The van der Waals surface area contributed by atoms with E-state index >= 15 is 0 Å². The van der Waals surface area contributed by atoms with E-state index in [1.165, 1.54) is 30.5 Å². The van der Waals surface area contributed by atoms with E-state index in [9.17, 15) is 22.8 Å². The highest BCUT2D eigenvalue weighted by Gasteiger charge is 2.25. The lowest BCUT2D eigenvalue weighted by Gasteiger charge is -2.18. The van der Waals surface area contributed by atoms with E-state index in [2.05, 4.69) is 32.7 Å². The SMILES string of the molecule is C[C@H]1CC[C@@H](NC(=O)Nc2cc(Cl)c(-c3ccc(OCC(F)F)nc3)cc2F)c2n[nH]c(=O)cc2C1. The Kier molecular flexibility index (Phi) is 7.78. The molecule has 0 unspecified atom stereocenters. The van der Waals surface area contributed by atoms with Crippen LogP contribution in [0, 0.1) is 11.7 Å². The summed E-state index contributed by atoms with van der Waals surface area (Å²) in [6.07, 6.45) is 0.778. The van der Waals surface area contributed by atoms with Gasteiger partial charge in [-0.25, -0.2) is 28.0 Å². The summed E-state index contributed by atoms with van der Waals surface area (Å²) in [6.45, 7) is 1.27. The second kappa shape index (κ2) is 11.0. The summed E-state index contributed by atoms with van der Waals surface area (Å²) in [4.78, 5) is 28.3. The van der Waals surface area contributed by atoms with Crippen molar-refractivity contribution in [3.63, 3.8) is 0 Å². The second-order valence-corrected chi connectivity index (χ2v) is 8.99. The number of nitrogens with zero attached hydrogens (tertiary/aromatic N) is 2. The Balaban J connectivity index is 1.47. The highest BCUT2D eigenvalue weighted by atomic mass is 35.5. The number of hydrogen-bond donors (Lipinski definition) is 3. The molecule has 1 aliphatic rings. The van der Waals surface area contributed by atoms with Gasteiger partial charge in [0, 0.05) is 29.5 Å². The molecule has 3 N–H and O–H groups in total. The van der Waals surface area contributed by atoms with Crippen LogP contribution in [0.25, 0.3) is 11.1 Å². The van der Waals surface area contributed by atoms with Gasteiger partial charge in [-0.3, -0.25) is 4.79 Å². The third-order valence-electron chi connectivity index (χ3n) is 5.78. The smallest absolute Gasteiger partial charge is 0.319 e. The van der Waals surface area contributed by atoms with Crippen molar-refractivity contribution in [2.75, 3.05) is 11.9 Å². The van der Waals surface area contributed by atoms with Crippen molar-refractivity contribution >= 4 is 23.3 Å². The van der Waals surface area contributed by atoms with Crippen LogP contribution in [0.15, 0.2) is 41.3 Å². The van der Waals surface area contributed by atoms with Crippen molar-refractivity contribution in [1.82, 2.24) is 20.5 Å². The van der Waals surface area contributed by atoms with Crippen LogP contribution in [0.4, 0.5) is 23.7 Å². The quantitative estimate of drug-likeness (QED) is 0.391. The van der Waals surface area contributed by atoms with Crippen molar-refractivity contribution in [1.29, 1.82) is 0 Å². The van der Waals surface area contributed by atoms with Gasteiger partial charge in [0.25, 0.3) is 12.0 Å². The van der Waals surface area contributed by atoms with Gasteiger partial charge in [-0.05, 0) is 48.9 Å². The third-order valence-corrected chi connectivity index (χ3v) is 6.09. The number of halogens is 4. The number of benzene rings is 1. The summed E-state index contributed by atoms with van der Waals surface area (Å²) in [6, 6.07) is 5.67. The van der Waals surface area contributed by atoms with E-state index in [-0.39, 0.29) is 22.1 Å². The number of aromatic nitrogens is 3. The Morgan fingerprint density at radius 2 is 2.08 bits per heavy atom. The Hall–Kier alpha value is -3.60. The molecule has 0 spiro atoms. The fourth-order valence-corrected chi connectivity index (χ4v) is 4.35. The Morgan fingerprint density at radius 3 is 2.81 bits per heavy atom. The van der Waals surface area contributed by atoms with Crippen LogP contribution in [-0.4, -0.2) is 34.2 Å². The van der Waals surface area contributed by atoms with Crippen molar-refractivity contribution in [3.05, 3.63) is 69.0 Å². The van der Waals surface area contributed by atoms with Crippen LogP contribution in [0.3, 0.4) is 0 Å². The van der Waals surface area contributed by atoms with Gasteiger partial charge >= 0.3 is 6.03 Å². The van der Waals surface area contributed by atoms with Gasteiger partial charge in [0.2, 0.25) is 5.88 Å². The molecular formula is C24H23ClF3N5O3. The van der Waals surface area contributed by atoms with Gasteiger partial charge in [-0.1, -0.05) is 18.5 Å². The molecule has 0 bridgehead atoms. The Morgan fingerprint density at radius 1 is 1.28 bits per heavy atom. The molecule has 0 radical (unpaired) electrons. The maximum Gasteiger partial charge on any atom is 0.319 e. The largest absolute Gasteiger partial charge is 0.472 e. The number of anilines is 1. The van der Waals surface area contributed by atoms with E-state index in [1.54, 1.807) is 0 Å². The second-order valence-electron chi connectivity index (χ2n) is 8.58. The van der Waals surface area contributed by atoms with Gasteiger partial charge in [0.1, 0.15) is 5.82 Å². The van der Waals surface area contributed by atoms with Crippen molar-refractivity contribution in [2.45, 2.75) is 38.7 Å². The number of H-pyrrole nitrogens is 1. The first-order valence-electron chi connectivity index (χ1n) is 11.2. The Labute approximate surface area is 209 Å². The van der Waals surface area contributed by atoms with Crippen LogP contribution in [-0.2, 0) is 6.42 Å². The van der Waals surface area contributed by atoms with Crippen LogP contribution in [0.2, 0.25) is 5.02 Å².